The number of carboxylic acids is 1. The lowest BCUT2D eigenvalue weighted by atomic mass is 10.0. The molecular formula is C19H22N4O5. The highest BCUT2D eigenvalue weighted by Crippen LogP contribution is 2.25. The van der Waals surface area contributed by atoms with Crippen molar-refractivity contribution in [2.45, 2.75) is 12.5 Å². The highest BCUT2D eigenvalue weighted by atomic mass is 16.5. The predicted octanol–water partition coefficient (Wildman–Crippen LogP) is 0.990. The first-order valence-electron chi connectivity index (χ1n) is 8.45. The second-order valence-corrected chi connectivity index (χ2v) is 5.87. The number of amides is 1. The highest BCUT2D eigenvalue weighted by Gasteiger charge is 2.20. The molecule has 148 valence electrons. The number of aromatic hydroxyl groups is 1. The van der Waals surface area contributed by atoms with Crippen LogP contribution in [0.2, 0.25) is 0 Å². The number of carbonyl (C=O) groups excluding carboxylic acids is 1. The molecule has 28 heavy (non-hydrogen) atoms. The number of benzene rings is 2. The van der Waals surface area contributed by atoms with E-state index in [2.05, 4.69) is 10.3 Å². The van der Waals surface area contributed by atoms with Gasteiger partial charge in [-0.15, -0.1) is 0 Å². The molecule has 0 heterocycles. The predicted molar refractivity (Wildman–Crippen MR) is 103 cm³/mol. The summed E-state index contributed by atoms with van der Waals surface area (Å²) in [4.78, 5) is 27.4. The van der Waals surface area contributed by atoms with Gasteiger partial charge in [-0.3, -0.25) is 14.6 Å². The summed E-state index contributed by atoms with van der Waals surface area (Å²) < 4.78 is 5.39. The maximum absolute atomic E-state index is 12.5. The van der Waals surface area contributed by atoms with E-state index in [9.17, 15) is 14.7 Å². The Kier molecular flexibility index (Phi) is 7.21. The van der Waals surface area contributed by atoms with E-state index in [4.69, 9.17) is 21.3 Å². The van der Waals surface area contributed by atoms with Gasteiger partial charge in [0, 0.05) is 6.07 Å². The minimum atomic E-state index is -1.05. The molecule has 0 aromatic heterocycles. The van der Waals surface area contributed by atoms with Crippen molar-refractivity contribution < 1.29 is 24.5 Å². The maximum atomic E-state index is 12.5. The number of carboxylic acid groups (broad SMARTS) is 1. The molecule has 1 atom stereocenters. The molecule has 0 fully saturated rings. The number of rotatable bonds is 9. The first-order chi connectivity index (χ1) is 13.4. The minimum Gasteiger partial charge on any atom is -0.507 e. The van der Waals surface area contributed by atoms with Crippen LogP contribution < -0.4 is 21.5 Å². The van der Waals surface area contributed by atoms with Gasteiger partial charge in [-0.1, -0.05) is 30.3 Å². The SMILES string of the molecule is NC(N)=NCCOc1ccc(C(=O)NC(CC(=O)O)c2ccccc2)c(O)c1. The molecule has 1 unspecified atom stereocenters. The van der Waals surface area contributed by atoms with E-state index in [0.717, 1.165) is 0 Å². The van der Waals surface area contributed by atoms with Gasteiger partial charge < -0.3 is 31.7 Å². The third-order valence-electron chi connectivity index (χ3n) is 3.75. The van der Waals surface area contributed by atoms with E-state index in [0.29, 0.717) is 11.3 Å². The molecule has 7 N–H and O–H groups in total. The fourth-order valence-corrected chi connectivity index (χ4v) is 2.48. The number of ether oxygens (including phenoxy) is 1. The van der Waals surface area contributed by atoms with Crippen molar-refractivity contribution >= 4 is 17.8 Å². The Morgan fingerprint density at radius 3 is 2.46 bits per heavy atom. The van der Waals surface area contributed by atoms with Crippen LogP contribution in [0.4, 0.5) is 0 Å². The first-order valence-corrected chi connectivity index (χ1v) is 8.45. The van der Waals surface area contributed by atoms with Crippen molar-refractivity contribution in [2.24, 2.45) is 16.5 Å². The number of hydrogen-bond donors (Lipinski definition) is 5. The smallest absolute Gasteiger partial charge is 0.305 e. The third kappa shape index (κ3) is 6.20. The van der Waals surface area contributed by atoms with Gasteiger partial charge in [-0.05, 0) is 17.7 Å². The topological polar surface area (TPSA) is 160 Å². The Labute approximate surface area is 161 Å². The lowest BCUT2D eigenvalue weighted by Crippen LogP contribution is -2.30. The van der Waals surface area contributed by atoms with Gasteiger partial charge in [0.05, 0.1) is 24.6 Å². The Balaban J connectivity index is 2.07. The molecule has 0 saturated heterocycles. The summed E-state index contributed by atoms with van der Waals surface area (Å²) in [6.45, 7) is 0.441. The number of carbonyl (C=O) groups is 2. The molecular weight excluding hydrogens is 364 g/mol. The average Bonchev–Trinajstić information content (AvgIpc) is 2.65. The molecule has 0 radical (unpaired) electrons. The minimum absolute atomic E-state index is 0.00268. The lowest BCUT2D eigenvalue weighted by molar-refractivity contribution is -0.137. The van der Waals surface area contributed by atoms with Gasteiger partial charge in [-0.2, -0.15) is 0 Å². The lowest BCUT2D eigenvalue weighted by Gasteiger charge is -2.18. The summed E-state index contributed by atoms with van der Waals surface area (Å²) >= 11 is 0. The highest BCUT2D eigenvalue weighted by molar-refractivity contribution is 5.97. The maximum Gasteiger partial charge on any atom is 0.305 e. The fraction of sp³-hybridized carbons (Fsp3) is 0.211. The van der Waals surface area contributed by atoms with Crippen LogP contribution in [0.1, 0.15) is 28.4 Å². The number of phenolic OH excluding ortho intramolecular Hbond substituents is 1. The zero-order chi connectivity index (χ0) is 20.5. The Bertz CT molecular complexity index is 851. The van der Waals surface area contributed by atoms with E-state index in [1.165, 1.54) is 18.2 Å². The van der Waals surface area contributed by atoms with Crippen molar-refractivity contribution in [1.82, 2.24) is 5.32 Å². The van der Waals surface area contributed by atoms with Crippen molar-refractivity contribution in [3.63, 3.8) is 0 Å². The number of nitrogens with one attached hydrogen (secondary N) is 1. The Morgan fingerprint density at radius 2 is 1.86 bits per heavy atom. The number of hydrogen-bond acceptors (Lipinski definition) is 5. The molecule has 2 aromatic rings. The van der Waals surface area contributed by atoms with Crippen molar-refractivity contribution in [2.75, 3.05) is 13.2 Å². The number of aliphatic carboxylic acids is 1. The van der Waals surface area contributed by atoms with Crippen LogP contribution in [-0.2, 0) is 4.79 Å². The van der Waals surface area contributed by atoms with Crippen LogP contribution in [0.15, 0.2) is 53.5 Å². The van der Waals surface area contributed by atoms with E-state index in [1.54, 1.807) is 30.3 Å². The molecule has 9 heteroatoms. The normalized spacial score (nSPS) is 11.3. The largest absolute Gasteiger partial charge is 0.507 e. The molecule has 0 aliphatic carbocycles. The summed E-state index contributed by atoms with van der Waals surface area (Å²) in [5, 5.41) is 21.9. The van der Waals surface area contributed by atoms with Crippen LogP contribution in [0.5, 0.6) is 11.5 Å². The molecule has 2 rings (SSSR count). The van der Waals surface area contributed by atoms with Crippen molar-refractivity contribution in [3.05, 3.63) is 59.7 Å². The van der Waals surface area contributed by atoms with Gasteiger partial charge in [0.2, 0.25) is 0 Å². The summed E-state index contributed by atoms with van der Waals surface area (Å²) in [6, 6.07) is 12.2. The average molecular weight is 386 g/mol. The summed E-state index contributed by atoms with van der Waals surface area (Å²) in [5.41, 5.74) is 11.1. The molecule has 9 nitrogen and oxygen atoms in total. The van der Waals surface area contributed by atoms with Crippen molar-refractivity contribution in [3.8, 4) is 11.5 Å². The van der Waals surface area contributed by atoms with E-state index >= 15 is 0 Å². The van der Waals surface area contributed by atoms with Gasteiger partial charge in [-0.25, -0.2) is 0 Å². The molecule has 0 bridgehead atoms. The quantitative estimate of drug-likeness (QED) is 0.244. The van der Waals surface area contributed by atoms with Crippen LogP contribution in [0.3, 0.4) is 0 Å². The molecule has 0 saturated carbocycles. The second kappa shape index (κ2) is 9.81. The standard InChI is InChI=1S/C19H22N4O5/c20-19(21)22-8-9-28-13-6-7-14(16(24)10-13)18(27)23-15(11-17(25)26)12-4-2-1-3-5-12/h1-7,10,15,24H,8-9,11H2,(H,23,27)(H,25,26)(H4,20,21,22). The zero-order valence-electron chi connectivity index (χ0n) is 15.0. The summed E-state index contributed by atoms with van der Waals surface area (Å²) in [7, 11) is 0. The molecule has 1 amide bonds. The first kappa shape index (κ1) is 20.6. The van der Waals surface area contributed by atoms with Gasteiger partial charge >= 0.3 is 5.97 Å². The molecule has 0 aliphatic heterocycles. The molecule has 0 spiro atoms. The summed E-state index contributed by atoms with van der Waals surface area (Å²) in [6.07, 6.45) is -0.289. The van der Waals surface area contributed by atoms with Crippen LogP contribution in [-0.4, -0.2) is 41.2 Å². The fourth-order valence-electron chi connectivity index (χ4n) is 2.48. The number of nitrogens with zero attached hydrogens (tertiary/aromatic N) is 1. The van der Waals surface area contributed by atoms with Gasteiger partial charge in [0.25, 0.3) is 5.91 Å². The Morgan fingerprint density at radius 1 is 1.14 bits per heavy atom. The molecule has 0 aliphatic rings. The van der Waals surface area contributed by atoms with E-state index in [-0.39, 0.29) is 36.8 Å². The Hall–Kier alpha value is -3.75. The number of guanidine groups is 1. The van der Waals surface area contributed by atoms with E-state index in [1.807, 2.05) is 0 Å². The van der Waals surface area contributed by atoms with Crippen molar-refractivity contribution in [1.29, 1.82) is 0 Å². The number of phenols is 1. The van der Waals surface area contributed by atoms with Gasteiger partial charge in [0.15, 0.2) is 5.96 Å². The zero-order valence-corrected chi connectivity index (χ0v) is 15.0. The molecule has 2 aromatic carbocycles. The summed E-state index contributed by atoms with van der Waals surface area (Å²) in [5.74, 6) is -1.65. The van der Waals surface area contributed by atoms with Crippen LogP contribution in [0.25, 0.3) is 0 Å². The third-order valence-corrected chi connectivity index (χ3v) is 3.75. The second-order valence-electron chi connectivity index (χ2n) is 5.87. The van der Waals surface area contributed by atoms with Crippen LogP contribution >= 0.6 is 0 Å². The number of aliphatic imine (C=N–C) groups is 1. The van der Waals surface area contributed by atoms with Gasteiger partial charge in [0.1, 0.15) is 18.1 Å². The number of nitrogens with two attached hydrogens (primary N) is 2. The van der Waals surface area contributed by atoms with E-state index < -0.39 is 17.9 Å². The van der Waals surface area contributed by atoms with Crippen LogP contribution in [0, 0.1) is 0 Å². The monoisotopic (exact) mass is 386 g/mol.